The maximum absolute atomic E-state index is 11.4. The highest BCUT2D eigenvalue weighted by Gasteiger charge is 2.32. The van der Waals surface area contributed by atoms with Gasteiger partial charge in [-0.25, -0.2) is 4.79 Å². The molecule has 2 rings (SSSR count). The Labute approximate surface area is 106 Å². The first-order valence-corrected chi connectivity index (χ1v) is 5.76. The van der Waals surface area contributed by atoms with E-state index in [0.717, 1.165) is 11.3 Å². The van der Waals surface area contributed by atoms with Crippen LogP contribution in [0.3, 0.4) is 0 Å². The number of carboxylic acids is 1. The lowest BCUT2D eigenvalue weighted by atomic mass is 10.2. The molecule has 1 heterocycles. The van der Waals surface area contributed by atoms with Crippen molar-refractivity contribution in [3.8, 4) is 0 Å². The number of rotatable bonds is 4. The largest absolute Gasteiger partial charge is 0.478 e. The van der Waals surface area contributed by atoms with Crippen LogP contribution in [0.2, 0.25) is 0 Å². The minimum Gasteiger partial charge on any atom is -0.478 e. The summed E-state index contributed by atoms with van der Waals surface area (Å²) in [4.78, 5) is 14.9. The van der Waals surface area contributed by atoms with Crippen LogP contribution in [0.15, 0.2) is 49.3 Å². The van der Waals surface area contributed by atoms with Gasteiger partial charge in [0.05, 0.1) is 0 Å². The minimum absolute atomic E-state index is 0.510. The average Bonchev–Trinajstić information content (AvgIpc) is 2.74. The second kappa shape index (κ2) is 4.96. The molecule has 1 N–H and O–H groups in total. The number of nitrogens with zero attached hydrogens (tertiary/aromatic N) is 2. The molecule has 0 amide bonds. The van der Waals surface area contributed by atoms with Gasteiger partial charge in [0.15, 0.2) is 0 Å². The number of carbonyl (C=O) groups is 1. The molecule has 1 aromatic carbocycles. The molecule has 0 spiro atoms. The molecule has 0 bridgehead atoms. The molecule has 0 radical (unpaired) electrons. The number of hydrogen-bond donors (Lipinski definition) is 1. The summed E-state index contributed by atoms with van der Waals surface area (Å²) in [5, 5.41) is 9.34. The Morgan fingerprint density at radius 3 is 2.61 bits per heavy atom. The van der Waals surface area contributed by atoms with Gasteiger partial charge in [0.25, 0.3) is 0 Å². The van der Waals surface area contributed by atoms with E-state index in [1.165, 1.54) is 0 Å². The van der Waals surface area contributed by atoms with Gasteiger partial charge in [-0.2, -0.15) is 0 Å². The highest BCUT2D eigenvalue weighted by atomic mass is 16.4. The Hall–Kier alpha value is -2.23. The van der Waals surface area contributed by atoms with Gasteiger partial charge in [0.1, 0.15) is 0 Å². The molecule has 94 valence electrons. The smallest absolute Gasteiger partial charge is 0.347 e. The summed E-state index contributed by atoms with van der Waals surface area (Å²) in [5.74, 6) is -0.873. The third-order valence-electron chi connectivity index (χ3n) is 2.89. The van der Waals surface area contributed by atoms with Gasteiger partial charge < -0.3 is 14.9 Å². The van der Waals surface area contributed by atoms with Gasteiger partial charge >= 0.3 is 5.97 Å². The van der Waals surface area contributed by atoms with Crippen molar-refractivity contribution in [2.75, 3.05) is 11.4 Å². The zero-order valence-corrected chi connectivity index (χ0v) is 10.3. The highest BCUT2D eigenvalue weighted by Crippen LogP contribution is 2.25. The van der Waals surface area contributed by atoms with Gasteiger partial charge in [-0.1, -0.05) is 23.8 Å². The van der Waals surface area contributed by atoms with Gasteiger partial charge in [-0.05, 0) is 19.1 Å². The lowest BCUT2D eigenvalue weighted by molar-refractivity contribution is -0.141. The Morgan fingerprint density at radius 1 is 1.39 bits per heavy atom. The summed E-state index contributed by atoms with van der Waals surface area (Å²) >= 11 is 0. The number of anilines is 1. The van der Waals surface area contributed by atoms with Crippen molar-refractivity contribution in [2.45, 2.75) is 13.1 Å². The molecule has 1 aliphatic rings. The number of aliphatic carboxylic acids is 1. The molecule has 1 aliphatic heterocycles. The van der Waals surface area contributed by atoms with Crippen LogP contribution in [0, 0.1) is 6.92 Å². The molecular formula is C14H16N2O2. The van der Waals surface area contributed by atoms with E-state index in [-0.39, 0.29) is 0 Å². The first-order valence-electron chi connectivity index (χ1n) is 5.76. The molecule has 1 unspecified atom stereocenters. The van der Waals surface area contributed by atoms with E-state index >= 15 is 0 Å². The molecule has 0 saturated heterocycles. The summed E-state index contributed by atoms with van der Waals surface area (Å²) in [6.45, 7) is 6.15. The van der Waals surface area contributed by atoms with E-state index in [0.29, 0.717) is 6.54 Å². The maximum atomic E-state index is 11.4. The van der Waals surface area contributed by atoms with Crippen LogP contribution in [0.25, 0.3) is 0 Å². The first-order chi connectivity index (χ1) is 8.63. The van der Waals surface area contributed by atoms with Crippen molar-refractivity contribution in [1.29, 1.82) is 0 Å². The van der Waals surface area contributed by atoms with Gasteiger partial charge in [-0.3, -0.25) is 0 Å². The SMILES string of the molecule is C=CCN1C=CN(c2ccc(C)cc2)C1C(=O)O. The quantitative estimate of drug-likeness (QED) is 0.824. The molecule has 0 fully saturated rings. The number of carboxylic acid groups (broad SMARTS) is 1. The lowest BCUT2D eigenvalue weighted by Gasteiger charge is -2.28. The van der Waals surface area contributed by atoms with Crippen LogP contribution in [0.1, 0.15) is 5.56 Å². The Morgan fingerprint density at radius 2 is 2.06 bits per heavy atom. The van der Waals surface area contributed by atoms with Gasteiger partial charge in [-0.15, -0.1) is 6.58 Å². The van der Waals surface area contributed by atoms with Crippen LogP contribution in [-0.2, 0) is 4.79 Å². The Kier molecular flexibility index (Phi) is 3.37. The predicted octanol–water partition coefficient (Wildman–Crippen LogP) is 2.18. The van der Waals surface area contributed by atoms with E-state index in [2.05, 4.69) is 6.58 Å². The normalized spacial score (nSPS) is 18.2. The zero-order chi connectivity index (χ0) is 13.1. The standard InChI is InChI=1S/C14H16N2O2/c1-3-8-15-9-10-16(13(15)14(17)18)12-6-4-11(2)5-7-12/h3-7,9-10,13H,1,8H2,2H3,(H,17,18). The van der Waals surface area contributed by atoms with E-state index in [1.54, 1.807) is 28.3 Å². The summed E-state index contributed by atoms with van der Waals surface area (Å²) in [6.07, 6.45) is 4.55. The second-order valence-corrected chi connectivity index (χ2v) is 4.24. The van der Waals surface area contributed by atoms with Crippen LogP contribution in [0.5, 0.6) is 0 Å². The van der Waals surface area contributed by atoms with Crippen molar-refractivity contribution in [1.82, 2.24) is 4.90 Å². The third-order valence-corrected chi connectivity index (χ3v) is 2.89. The van der Waals surface area contributed by atoms with Crippen molar-refractivity contribution < 1.29 is 9.90 Å². The fourth-order valence-electron chi connectivity index (χ4n) is 2.00. The lowest BCUT2D eigenvalue weighted by Crippen LogP contribution is -2.45. The molecular weight excluding hydrogens is 228 g/mol. The third kappa shape index (κ3) is 2.22. The molecule has 4 nitrogen and oxygen atoms in total. The van der Waals surface area contributed by atoms with E-state index in [9.17, 15) is 9.90 Å². The van der Waals surface area contributed by atoms with Crippen LogP contribution in [0.4, 0.5) is 5.69 Å². The Bertz CT molecular complexity index is 479. The molecule has 0 saturated carbocycles. The van der Waals surface area contributed by atoms with Crippen LogP contribution in [-0.4, -0.2) is 28.7 Å². The molecule has 1 atom stereocenters. The van der Waals surface area contributed by atoms with Crippen LogP contribution < -0.4 is 4.90 Å². The maximum Gasteiger partial charge on any atom is 0.347 e. The van der Waals surface area contributed by atoms with Crippen molar-refractivity contribution in [2.24, 2.45) is 0 Å². The fourth-order valence-corrected chi connectivity index (χ4v) is 2.00. The average molecular weight is 244 g/mol. The summed E-state index contributed by atoms with van der Waals surface area (Å²) in [5.41, 5.74) is 2.02. The fraction of sp³-hybridized carbons (Fsp3) is 0.214. The molecule has 1 aromatic rings. The highest BCUT2D eigenvalue weighted by molar-refractivity contribution is 5.79. The monoisotopic (exact) mass is 244 g/mol. The van der Waals surface area contributed by atoms with Crippen molar-refractivity contribution in [3.05, 3.63) is 54.9 Å². The van der Waals surface area contributed by atoms with Gasteiger partial charge in [0, 0.05) is 24.6 Å². The van der Waals surface area contributed by atoms with E-state index < -0.39 is 12.1 Å². The second-order valence-electron chi connectivity index (χ2n) is 4.24. The zero-order valence-electron chi connectivity index (χ0n) is 10.3. The first kappa shape index (κ1) is 12.2. The van der Waals surface area contributed by atoms with Gasteiger partial charge in [0.2, 0.25) is 6.17 Å². The van der Waals surface area contributed by atoms with Crippen molar-refractivity contribution in [3.63, 3.8) is 0 Å². The molecule has 0 aromatic heterocycles. The Balaban J connectivity index is 2.27. The van der Waals surface area contributed by atoms with Crippen molar-refractivity contribution >= 4 is 11.7 Å². The summed E-state index contributed by atoms with van der Waals surface area (Å²) < 4.78 is 0. The number of aryl methyl sites for hydroxylation is 1. The molecule has 0 aliphatic carbocycles. The topological polar surface area (TPSA) is 43.8 Å². The minimum atomic E-state index is -0.873. The molecule has 18 heavy (non-hydrogen) atoms. The number of hydrogen-bond acceptors (Lipinski definition) is 3. The predicted molar refractivity (Wildman–Crippen MR) is 71.1 cm³/mol. The van der Waals surface area contributed by atoms with E-state index in [1.807, 2.05) is 31.2 Å². The van der Waals surface area contributed by atoms with E-state index in [4.69, 9.17) is 0 Å². The van der Waals surface area contributed by atoms with Crippen LogP contribution >= 0.6 is 0 Å². The summed E-state index contributed by atoms with van der Waals surface area (Å²) in [7, 11) is 0. The number of benzene rings is 1. The molecule has 4 heteroatoms. The summed E-state index contributed by atoms with van der Waals surface area (Å²) in [6, 6.07) is 7.79.